The topological polar surface area (TPSA) is 85.1 Å². The Kier molecular flexibility index (Phi) is 3.12. The minimum Gasteiger partial charge on any atom is -0.497 e. The Morgan fingerprint density at radius 3 is 2.78 bits per heavy atom. The van der Waals surface area contributed by atoms with Gasteiger partial charge in [0.15, 0.2) is 0 Å². The molecule has 6 nitrogen and oxygen atoms in total. The molecule has 0 saturated heterocycles. The molecule has 2 aromatic rings. The van der Waals surface area contributed by atoms with Crippen LogP contribution in [0, 0.1) is 0 Å². The molecule has 0 amide bonds. The number of carbonyl (C=O) groups is 1. The zero-order valence-electron chi connectivity index (χ0n) is 9.84. The quantitative estimate of drug-likeness (QED) is 0.356. The third-order valence-corrected chi connectivity index (χ3v) is 2.51. The first kappa shape index (κ1) is 11.9. The van der Waals surface area contributed by atoms with E-state index < -0.39 is 5.97 Å². The monoisotopic (exact) mass is 246 g/mol. The molecule has 0 radical (unpaired) electrons. The third kappa shape index (κ3) is 1.85. The van der Waals surface area contributed by atoms with E-state index >= 15 is 0 Å². The Morgan fingerprint density at radius 1 is 1.39 bits per heavy atom. The van der Waals surface area contributed by atoms with Crippen LogP contribution in [0.2, 0.25) is 0 Å². The van der Waals surface area contributed by atoms with Crippen LogP contribution < -0.4 is 4.74 Å². The average molecular weight is 246 g/mol. The van der Waals surface area contributed by atoms with Crippen molar-refractivity contribution in [2.75, 3.05) is 14.2 Å². The van der Waals surface area contributed by atoms with Gasteiger partial charge in [-0.05, 0) is 18.2 Å². The predicted molar refractivity (Wildman–Crippen MR) is 62.5 cm³/mol. The van der Waals surface area contributed by atoms with E-state index in [-0.39, 0.29) is 5.71 Å². The molecule has 1 aromatic carbocycles. The standard InChI is InChI=1S/C12H10N2O4/c1-16-7-3-4-10-8(5-7)9(6-18-10)11(14-13)12(15)17-2/h3-6H,1-2H3. The predicted octanol–water partition coefficient (Wildman–Crippen LogP) is 1.63. The van der Waals surface area contributed by atoms with Crippen LogP contribution >= 0.6 is 0 Å². The maximum absolute atomic E-state index is 11.5. The van der Waals surface area contributed by atoms with Gasteiger partial charge in [0, 0.05) is 5.39 Å². The molecule has 1 aromatic heterocycles. The first-order chi connectivity index (χ1) is 8.71. The summed E-state index contributed by atoms with van der Waals surface area (Å²) in [5, 5.41) is 0.604. The summed E-state index contributed by atoms with van der Waals surface area (Å²) in [5.41, 5.74) is 9.58. The average Bonchev–Trinajstić information content (AvgIpc) is 2.82. The number of fused-ring (bicyclic) bond motifs is 1. The molecule has 1 heterocycles. The van der Waals surface area contributed by atoms with Crippen LogP contribution in [0.4, 0.5) is 0 Å². The Balaban J connectivity index is 2.64. The van der Waals surface area contributed by atoms with Crippen molar-refractivity contribution in [2.24, 2.45) is 0 Å². The summed E-state index contributed by atoms with van der Waals surface area (Å²) in [6, 6.07) is 5.11. The molecule has 0 aliphatic heterocycles. The van der Waals surface area contributed by atoms with Crippen LogP contribution in [0.5, 0.6) is 5.75 Å². The van der Waals surface area contributed by atoms with Crippen LogP contribution in [0.25, 0.3) is 16.5 Å². The molecule has 0 spiro atoms. The van der Waals surface area contributed by atoms with Gasteiger partial charge in [-0.3, -0.25) is 0 Å². The van der Waals surface area contributed by atoms with E-state index in [1.54, 1.807) is 18.2 Å². The number of methoxy groups -OCH3 is 2. The molecule has 0 atom stereocenters. The minimum absolute atomic E-state index is 0.218. The third-order valence-electron chi connectivity index (χ3n) is 2.51. The Hall–Kier alpha value is -2.59. The van der Waals surface area contributed by atoms with Crippen LogP contribution in [0.1, 0.15) is 5.56 Å². The zero-order chi connectivity index (χ0) is 13.1. The largest absolute Gasteiger partial charge is 0.497 e. The summed E-state index contributed by atoms with van der Waals surface area (Å²) in [6.45, 7) is 0. The van der Waals surface area contributed by atoms with Crippen LogP contribution in [-0.2, 0) is 9.53 Å². The van der Waals surface area contributed by atoms with Crippen molar-refractivity contribution in [3.63, 3.8) is 0 Å². The normalized spacial score (nSPS) is 9.89. The lowest BCUT2D eigenvalue weighted by atomic mass is 10.1. The second-order valence-corrected chi connectivity index (χ2v) is 3.45. The molecular weight excluding hydrogens is 236 g/mol. The molecule has 0 aliphatic rings. The first-order valence-corrected chi connectivity index (χ1v) is 5.07. The highest BCUT2D eigenvalue weighted by Gasteiger charge is 2.28. The van der Waals surface area contributed by atoms with Crippen molar-refractivity contribution in [3.8, 4) is 5.75 Å². The Labute approximate surface area is 102 Å². The molecule has 0 N–H and O–H groups in total. The van der Waals surface area contributed by atoms with E-state index in [4.69, 9.17) is 14.7 Å². The fourth-order valence-corrected chi connectivity index (χ4v) is 1.62. The number of hydrogen-bond acceptors (Lipinski definition) is 4. The van der Waals surface area contributed by atoms with Gasteiger partial charge in [0.2, 0.25) is 0 Å². The van der Waals surface area contributed by atoms with Gasteiger partial charge in [-0.2, -0.15) is 4.79 Å². The van der Waals surface area contributed by atoms with E-state index in [1.807, 2.05) is 0 Å². The summed E-state index contributed by atoms with van der Waals surface area (Å²) in [6.07, 6.45) is 1.33. The summed E-state index contributed by atoms with van der Waals surface area (Å²) in [5.74, 6) is -0.143. The van der Waals surface area contributed by atoms with E-state index in [0.29, 0.717) is 22.3 Å². The van der Waals surface area contributed by atoms with Crippen molar-refractivity contribution in [3.05, 3.63) is 35.6 Å². The van der Waals surface area contributed by atoms with Crippen molar-refractivity contribution >= 4 is 22.7 Å². The second kappa shape index (κ2) is 4.73. The van der Waals surface area contributed by atoms with Crippen LogP contribution in [-0.4, -0.2) is 30.7 Å². The van der Waals surface area contributed by atoms with Crippen molar-refractivity contribution in [1.82, 2.24) is 0 Å². The summed E-state index contributed by atoms with van der Waals surface area (Å²) in [4.78, 5) is 14.4. The van der Waals surface area contributed by atoms with Gasteiger partial charge in [-0.15, -0.1) is 0 Å². The maximum Gasteiger partial charge on any atom is 0.422 e. The molecule has 0 bridgehead atoms. The first-order valence-electron chi connectivity index (χ1n) is 5.07. The highest BCUT2D eigenvalue weighted by atomic mass is 16.5. The van der Waals surface area contributed by atoms with Crippen molar-refractivity contribution in [1.29, 1.82) is 0 Å². The SMILES string of the molecule is COC(=O)C(=[N+]=[N-])c1coc2ccc(OC)cc12. The molecule has 0 fully saturated rings. The number of ether oxygens (including phenoxy) is 2. The number of carbonyl (C=O) groups excluding carboxylic acids is 1. The lowest BCUT2D eigenvalue weighted by Crippen LogP contribution is -2.17. The highest BCUT2D eigenvalue weighted by molar-refractivity contribution is 6.42. The van der Waals surface area contributed by atoms with Gasteiger partial charge in [0.1, 0.15) is 23.2 Å². The number of furan rings is 1. The maximum atomic E-state index is 11.5. The van der Waals surface area contributed by atoms with E-state index in [1.165, 1.54) is 20.5 Å². The lowest BCUT2D eigenvalue weighted by Gasteiger charge is -1.98. The number of rotatable bonds is 3. The van der Waals surface area contributed by atoms with Gasteiger partial charge >= 0.3 is 11.7 Å². The fourth-order valence-electron chi connectivity index (χ4n) is 1.62. The lowest BCUT2D eigenvalue weighted by molar-refractivity contribution is -0.137. The molecular formula is C12H10N2O4. The number of nitrogens with zero attached hydrogens (tertiary/aromatic N) is 2. The van der Waals surface area contributed by atoms with Gasteiger partial charge < -0.3 is 19.4 Å². The van der Waals surface area contributed by atoms with E-state index in [2.05, 4.69) is 9.53 Å². The summed E-state index contributed by atoms with van der Waals surface area (Å²) < 4.78 is 14.9. The van der Waals surface area contributed by atoms with Gasteiger partial charge in [0.25, 0.3) is 0 Å². The molecule has 2 rings (SSSR count). The van der Waals surface area contributed by atoms with E-state index in [9.17, 15) is 4.79 Å². The van der Waals surface area contributed by atoms with Crippen molar-refractivity contribution < 1.29 is 23.5 Å². The molecule has 18 heavy (non-hydrogen) atoms. The molecule has 92 valence electrons. The Bertz CT molecular complexity index is 653. The second-order valence-electron chi connectivity index (χ2n) is 3.45. The molecule has 0 unspecified atom stereocenters. The number of esters is 1. The van der Waals surface area contributed by atoms with Gasteiger partial charge in [-0.1, -0.05) is 0 Å². The van der Waals surface area contributed by atoms with Crippen LogP contribution in [0.3, 0.4) is 0 Å². The highest BCUT2D eigenvalue weighted by Crippen LogP contribution is 2.26. The summed E-state index contributed by atoms with van der Waals surface area (Å²) in [7, 11) is 2.73. The zero-order valence-corrected chi connectivity index (χ0v) is 9.84. The van der Waals surface area contributed by atoms with Crippen LogP contribution in [0.15, 0.2) is 28.9 Å². The smallest absolute Gasteiger partial charge is 0.422 e. The minimum atomic E-state index is -0.747. The molecule has 6 heteroatoms. The van der Waals surface area contributed by atoms with Crippen molar-refractivity contribution in [2.45, 2.75) is 0 Å². The Morgan fingerprint density at radius 2 is 2.17 bits per heavy atom. The van der Waals surface area contributed by atoms with Gasteiger partial charge in [-0.25, -0.2) is 4.79 Å². The number of hydrogen-bond donors (Lipinski definition) is 0. The fraction of sp³-hybridized carbons (Fsp3) is 0.167. The molecule has 0 saturated carbocycles. The molecule has 0 aliphatic carbocycles. The van der Waals surface area contributed by atoms with Gasteiger partial charge in [0.05, 0.1) is 14.2 Å². The number of benzene rings is 1. The van der Waals surface area contributed by atoms with E-state index in [0.717, 1.165) is 0 Å². The summed E-state index contributed by atoms with van der Waals surface area (Å²) >= 11 is 0.